The summed E-state index contributed by atoms with van der Waals surface area (Å²) in [7, 11) is 0. The van der Waals surface area contributed by atoms with Crippen molar-refractivity contribution in [3.63, 3.8) is 0 Å². The third-order valence-corrected chi connectivity index (χ3v) is 1.78. The van der Waals surface area contributed by atoms with Crippen LogP contribution in [0.25, 0.3) is 0 Å². The molecule has 0 radical (unpaired) electrons. The zero-order chi connectivity index (χ0) is 8.27. The molecule has 1 fully saturated rings. The molecule has 3 N–H and O–H groups in total. The van der Waals surface area contributed by atoms with Gasteiger partial charge in [0.2, 0.25) is 5.91 Å². The van der Waals surface area contributed by atoms with Gasteiger partial charge < -0.3 is 11.1 Å². The van der Waals surface area contributed by atoms with E-state index in [1.165, 1.54) is 12.8 Å². The van der Waals surface area contributed by atoms with Crippen LogP contribution in [-0.4, -0.2) is 17.4 Å². The van der Waals surface area contributed by atoms with Crippen LogP contribution in [-0.2, 0) is 4.79 Å². The van der Waals surface area contributed by atoms with Crippen molar-refractivity contribution in [2.24, 2.45) is 11.7 Å². The van der Waals surface area contributed by atoms with E-state index in [1.807, 2.05) is 0 Å². The number of amides is 1. The molecule has 62 valence electrons. The Kier molecular flexibility index (Phi) is 2.82. The first-order valence-corrected chi connectivity index (χ1v) is 4.14. The van der Waals surface area contributed by atoms with Crippen LogP contribution in [0.15, 0.2) is 0 Å². The standard InChI is InChI=1S/C7H12N2OS/c8-6(11)4-9-7(10)3-5-1-2-5/h5H,1-4H2,(H2,8,11)(H,9,10). The van der Waals surface area contributed by atoms with E-state index in [0.717, 1.165) is 0 Å². The first-order valence-electron chi connectivity index (χ1n) is 3.73. The largest absolute Gasteiger partial charge is 0.392 e. The Morgan fingerprint density at radius 3 is 2.73 bits per heavy atom. The van der Waals surface area contributed by atoms with Crippen molar-refractivity contribution in [3.05, 3.63) is 0 Å². The van der Waals surface area contributed by atoms with E-state index in [4.69, 9.17) is 5.73 Å². The first kappa shape index (κ1) is 8.46. The second-order valence-electron chi connectivity index (χ2n) is 2.89. The topological polar surface area (TPSA) is 55.1 Å². The molecule has 0 bridgehead atoms. The second-order valence-corrected chi connectivity index (χ2v) is 3.41. The summed E-state index contributed by atoms with van der Waals surface area (Å²) in [6, 6.07) is 0. The highest BCUT2D eigenvalue weighted by molar-refractivity contribution is 7.80. The third kappa shape index (κ3) is 3.93. The number of thiocarbonyl (C=S) groups is 1. The SMILES string of the molecule is NC(=S)CNC(=O)CC1CC1. The number of hydrogen-bond acceptors (Lipinski definition) is 2. The minimum absolute atomic E-state index is 0.0697. The maximum atomic E-state index is 11.0. The minimum Gasteiger partial charge on any atom is -0.392 e. The van der Waals surface area contributed by atoms with Crippen molar-refractivity contribution in [3.8, 4) is 0 Å². The van der Waals surface area contributed by atoms with Gasteiger partial charge >= 0.3 is 0 Å². The number of carbonyl (C=O) groups excluding carboxylic acids is 1. The molecule has 0 unspecified atom stereocenters. The molecule has 0 aliphatic heterocycles. The molecule has 0 atom stereocenters. The predicted octanol–water partition coefficient (Wildman–Crippen LogP) is 0.189. The zero-order valence-electron chi connectivity index (χ0n) is 6.30. The molecule has 1 aliphatic carbocycles. The number of carbonyl (C=O) groups is 1. The van der Waals surface area contributed by atoms with E-state index in [2.05, 4.69) is 17.5 Å². The van der Waals surface area contributed by atoms with Gasteiger partial charge in [0, 0.05) is 6.42 Å². The van der Waals surface area contributed by atoms with Gasteiger partial charge in [-0.3, -0.25) is 4.79 Å². The van der Waals surface area contributed by atoms with Crippen LogP contribution >= 0.6 is 12.2 Å². The zero-order valence-corrected chi connectivity index (χ0v) is 7.12. The molecule has 11 heavy (non-hydrogen) atoms. The van der Waals surface area contributed by atoms with E-state index in [1.54, 1.807) is 0 Å². The maximum Gasteiger partial charge on any atom is 0.220 e. The summed E-state index contributed by atoms with van der Waals surface area (Å²) in [6.45, 7) is 0.334. The van der Waals surface area contributed by atoms with E-state index in [-0.39, 0.29) is 5.91 Å². The summed E-state index contributed by atoms with van der Waals surface area (Å²) >= 11 is 4.61. The fourth-order valence-corrected chi connectivity index (χ4v) is 0.914. The Morgan fingerprint density at radius 2 is 2.27 bits per heavy atom. The highest BCUT2D eigenvalue weighted by atomic mass is 32.1. The molecule has 1 aliphatic rings. The predicted molar refractivity (Wildman–Crippen MR) is 47.1 cm³/mol. The molecule has 0 aromatic heterocycles. The lowest BCUT2D eigenvalue weighted by Gasteiger charge is -2.01. The normalized spacial score (nSPS) is 16.0. The Morgan fingerprint density at radius 1 is 1.64 bits per heavy atom. The molecule has 4 heteroatoms. The van der Waals surface area contributed by atoms with Gasteiger partial charge in [-0.25, -0.2) is 0 Å². The molecule has 0 aromatic rings. The van der Waals surface area contributed by atoms with E-state index >= 15 is 0 Å². The van der Waals surface area contributed by atoms with Gasteiger partial charge in [0.15, 0.2) is 0 Å². The number of nitrogens with two attached hydrogens (primary N) is 1. The Hall–Kier alpha value is -0.640. The van der Waals surface area contributed by atoms with Crippen molar-refractivity contribution in [1.82, 2.24) is 5.32 Å². The average molecular weight is 172 g/mol. The first-order chi connectivity index (χ1) is 5.18. The number of rotatable bonds is 4. The Bertz CT molecular complexity index is 177. The van der Waals surface area contributed by atoms with Crippen molar-refractivity contribution < 1.29 is 4.79 Å². The number of nitrogens with one attached hydrogen (secondary N) is 1. The van der Waals surface area contributed by atoms with E-state index < -0.39 is 0 Å². The summed E-state index contributed by atoms with van der Waals surface area (Å²) in [6.07, 6.45) is 3.03. The lowest BCUT2D eigenvalue weighted by molar-refractivity contribution is -0.121. The van der Waals surface area contributed by atoms with Crippen molar-refractivity contribution in [2.45, 2.75) is 19.3 Å². The van der Waals surface area contributed by atoms with Crippen molar-refractivity contribution in [2.75, 3.05) is 6.54 Å². The summed E-state index contributed by atoms with van der Waals surface area (Å²) in [5.74, 6) is 0.696. The quantitative estimate of drug-likeness (QED) is 0.595. The second kappa shape index (κ2) is 3.67. The van der Waals surface area contributed by atoms with Crippen molar-refractivity contribution in [1.29, 1.82) is 0 Å². The molecule has 0 aromatic carbocycles. The van der Waals surface area contributed by atoms with Crippen LogP contribution in [0, 0.1) is 5.92 Å². The van der Waals surface area contributed by atoms with Gasteiger partial charge in [-0.2, -0.15) is 0 Å². The van der Waals surface area contributed by atoms with E-state index in [9.17, 15) is 4.79 Å². The minimum atomic E-state index is 0.0697. The third-order valence-electron chi connectivity index (χ3n) is 1.63. The lowest BCUT2D eigenvalue weighted by Crippen LogP contribution is -2.32. The van der Waals surface area contributed by atoms with Crippen LogP contribution in [0.4, 0.5) is 0 Å². The molecular weight excluding hydrogens is 160 g/mol. The van der Waals surface area contributed by atoms with Crippen LogP contribution in [0.2, 0.25) is 0 Å². The molecule has 1 rings (SSSR count). The van der Waals surface area contributed by atoms with Crippen LogP contribution in [0.3, 0.4) is 0 Å². The molecular formula is C7H12N2OS. The summed E-state index contributed by atoms with van der Waals surface area (Å²) < 4.78 is 0. The Balaban J connectivity index is 2.04. The maximum absolute atomic E-state index is 11.0. The van der Waals surface area contributed by atoms with Crippen LogP contribution in [0.1, 0.15) is 19.3 Å². The Labute approximate surface area is 71.3 Å². The molecule has 1 saturated carbocycles. The van der Waals surface area contributed by atoms with Crippen LogP contribution in [0.5, 0.6) is 0 Å². The summed E-state index contributed by atoms with van der Waals surface area (Å²) in [4.78, 5) is 11.3. The van der Waals surface area contributed by atoms with Gasteiger partial charge in [0.05, 0.1) is 11.5 Å². The van der Waals surface area contributed by atoms with Crippen molar-refractivity contribution >= 4 is 23.1 Å². The summed E-state index contributed by atoms with van der Waals surface area (Å²) in [5, 5.41) is 2.65. The smallest absolute Gasteiger partial charge is 0.220 e. The summed E-state index contributed by atoms with van der Waals surface area (Å²) in [5.41, 5.74) is 5.20. The lowest BCUT2D eigenvalue weighted by atomic mass is 10.3. The van der Waals surface area contributed by atoms with Gasteiger partial charge in [0.25, 0.3) is 0 Å². The number of hydrogen-bond donors (Lipinski definition) is 2. The highest BCUT2D eigenvalue weighted by Crippen LogP contribution is 2.31. The molecule has 0 spiro atoms. The molecule has 3 nitrogen and oxygen atoms in total. The average Bonchev–Trinajstić information content (AvgIpc) is 2.67. The monoisotopic (exact) mass is 172 g/mol. The van der Waals surface area contributed by atoms with Gasteiger partial charge in [-0.05, 0) is 18.8 Å². The van der Waals surface area contributed by atoms with Gasteiger partial charge in [0.1, 0.15) is 0 Å². The van der Waals surface area contributed by atoms with Crippen LogP contribution < -0.4 is 11.1 Å². The molecule has 0 heterocycles. The van der Waals surface area contributed by atoms with E-state index in [0.29, 0.717) is 23.9 Å². The molecule has 0 saturated heterocycles. The van der Waals surface area contributed by atoms with Gasteiger partial charge in [-0.15, -0.1) is 0 Å². The van der Waals surface area contributed by atoms with Gasteiger partial charge in [-0.1, -0.05) is 12.2 Å². The highest BCUT2D eigenvalue weighted by Gasteiger charge is 2.23. The fraction of sp³-hybridized carbons (Fsp3) is 0.714. The fourth-order valence-electron chi connectivity index (χ4n) is 0.842. The molecule has 1 amide bonds.